The first-order valence-electron chi connectivity index (χ1n) is 6.02. The van der Waals surface area contributed by atoms with Crippen molar-refractivity contribution in [1.82, 2.24) is 10.2 Å². The Labute approximate surface area is 122 Å². The maximum atomic E-state index is 11.9. The van der Waals surface area contributed by atoms with Crippen LogP contribution in [0, 0.1) is 0 Å². The van der Waals surface area contributed by atoms with Gasteiger partial charge in [0, 0.05) is 19.1 Å². The number of nitrogens with two attached hydrogens (primary N) is 1. The Hall–Kier alpha value is -1.11. The number of nitrogens with one attached hydrogen (secondary N) is 1. The Morgan fingerprint density at radius 3 is 2.95 bits per heavy atom. The number of carbonyl (C=O) groups excluding carboxylic acids is 2. The summed E-state index contributed by atoms with van der Waals surface area (Å²) in [5, 5.41) is 4.47. The van der Waals surface area contributed by atoms with E-state index >= 15 is 0 Å². The van der Waals surface area contributed by atoms with Gasteiger partial charge in [0.05, 0.1) is 11.4 Å². The minimum atomic E-state index is -0.195. The highest BCUT2D eigenvalue weighted by Crippen LogP contribution is 2.09. The largest absolute Gasteiger partial charge is 0.342 e. The van der Waals surface area contributed by atoms with Crippen molar-refractivity contribution in [2.45, 2.75) is 18.9 Å². The first-order chi connectivity index (χ1) is 8.66. The topological polar surface area (TPSA) is 75.4 Å². The van der Waals surface area contributed by atoms with Crippen LogP contribution in [-0.2, 0) is 4.79 Å². The molecule has 1 aromatic heterocycles. The van der Waals surface area contributed by atoms with Crippen molar-refractivity contribution in [2.24, 2.45) is 5.73 Å². The van der Waals surface area contributed by atoms with Crippen LogP contribution >= 0.6 is 23.7 Å². The molecule has 0 aliphatic carbocycles. The number of carbonyl (C=O) groups is 2. The lowest BCUT2D eigenvalue weighted by molar-refractivity contribution is -0.131. The number of nitrogens with zero attached hydrogens (tertiary/aromatic N) is 1. The van der Waals surface area contributed by atoms with Gasteiger partial charge in [-0.3, -0.25) is 9.59 Å². The van der Waals surface area contributed by atoms with Gasteiger partial charge in [0.2, 0.25) is 5.91 Å². The van der Waals surface area contributed by atoms with Crippen molar-refractivity contribution in [2.75, 3.05) is 19.6 Å². The smallest absolute Gasteiger partial charge is 0.261 e. The van der Waals surface area contributed by atoms with E-state index in [0.29, 0.717) is 11.4 Å². The molecule has 0 aromatic carbocycles. The summed E-state index contributed by atoms with van der Waals surface area (Å²) in [6.45, 7) is 1.37. The molecule has 0 spiro atoms. The Balaban J connectivity index is 0.00000180. The molecule has 0 bridgehead atoms. The second-order valence-electron chi connectivity index (χ2n) is 4.40. The highest BCUT2D eigenvalue weighted by atomic mass is 35.5. The second-order valence-corrected chi connectivity index (χ2v) is 5.35. The Morgan fingerprint density at radius 2 is 2.32 bits per heavy atom. The zero-order chi connectivity index (χ0) is 13.0. The van der Waals surface area contributed by atoms with Crippen LogP contribution in [0.25, 0.3) is 0 Å². The summed E-state index contributed by atoms with van der Waals surface area (Å²) in [5.74, 6) is -0.255. The van der Waals surface area contributed by atoms with Crippen molar-refractivity contribution in [3.63, 3.8) is 0 Å². The molecule has 2 heterocycles. The first kappa shape index (κ1) is 15.9. The molecule has 106 valence electrons. The van der Waals surface area contributed by atoms with E-state index in [4.69, 9.17) is 5.73 Å². The molecule has 1 aliphatic heterocycles. The maximum absolute atomic E-state index is 11.9. The van der Waals surface area contributed by atoms with E-state index < -0.39 is 0 Å². The SMILES string of the molecule is Cl.NC1CCCN(C(=O)CNC(=O)c2cccs2)C1. The average Bonchev–Trinajstić information content (AvgIpc) is 2.89. The number of hydrogen-bond acceptors (Lipinski definition) is 4. The standard InChI is InChI=1S/C12H17N3O2S.ClH/c13-9-3-1-5-15(8-9)11(16)7-14-12(17)10-4-2-6-18-10;/h2,4,6,9H,1,3,5,7-8,13H2,(H,14,17);1H. The van der Waals surface area contributed by atoms with Crippen LogP contribution < -0.4 is 11.1 Å². The summed E-state index contributed by atoms with van der Waals surface area (Å²) in [6, 6.07) is 3.61. The predicted octanol–water partition coefficient (Wildman–Crippen LogP) is 0.849. The fourth-order valence-electron chi connectivity index (χ4n) is 2.00. The number of thiophene rings is 1. The lowest BCUT2D eigenvalue weighted by Gasteiger charge is -2.30. The maximum Gasteiger partial charge on any atom is 0.261 e. The van der Waals surface area contributed by atoms with Crippen LogP contribution in [0.4, 0.5) is 0 Å². The number of amides is 2. The van der Waals surface area contributed by atoms with Gasteiger partial charge < -0.3 is 16.0 Å². The summed E-state index contributed by atoms with van der Waals surface area (Å²) in [5.41, 5.74) is 5.82. The van der Waals surface area contributed by atoms with Crippen molar-refractivity contribution in [3.05, 3.63) is 22.4 Å². The van der Waals surface area contributed by atoms with Crippen molar-refractivity contribution in [3.8, 4) is 0 Å². The second kappa shape index (κ2) is 7.47. The minimum Gasteiger partial charge on any atom is -0.342 e. The molecule has 1 saturated heterocycles. The predicted molar refractivity (Wildman–Crippen MR) is 77.7 cm³/mol. The van der Waals surface area contributed by atoms with Gasteiger partial charge >= 0.3 is 0 Å². The molecule has 1 atom stereocenters. The van der Waals surface area contributed by atoms with Gasteiger partial charge in [-0.15, -0.1) is 23.7 Å². The molecule has 1 fully saturated rings. The number of hydrogen-bond donors (Lipinski definition) is 2. The minimum absolute atomic E-state index is 0. The van der Waals surface area contributed by atoms with Gasteiger partial charge in [-0.25, -0.2) is 0 Å². The van der Waals surface area contributed by atoms with Crippen LogP contribution in [0.2, 0.25) is 0 Å². The highest BCUT2D eigenvalue weighted by molar-refractivity contribution is 7.12. The van der Waals surface area contributed by atoms with Crippen molar-refractivity contribution in [1.29, 1.82) is 0 Å². The van der Waals surface area contributed by atoms with E-state index in [-0.39, 0.29) is 36.8 Å². The van der Waals surface area contributed by atoms with E-state index in [1.807, 2.05) is 11.4 Å². The molecular weight excluding hydrogens is 286 g/mol. The quantitative estimate of drug-likeness (QED) is 0.869. The number of likely N-dealkylation sites (tertiary alicyclic amines) is 1. The van der Waals surface area contributed by atoms with Crippen LogP contribution in [0.1, 0.15) is 22.5 Å². The van der Waals surface area contributed by atoms with E-state index in [1.54, 1.807) is 11.0 Å². The number of piperidine rings is 1. The summed E-state index contributed by atoms with van der Waals surface area (Å²) in [7, 11) is 0. The van der Waals surface area contributed by atoms with Crippen molar-refractivity contribution < 1.29 is 9.59 Å². The molecule has 5 nitrogen and oxygen atoms in total. The van der Waals surface area contributed by atoms with Crippen molar-refractivity contribution >= 4 is 35.6 Å². The first-order valence-corrected chi connectivity index (χ1v) is 6.90. The summed E-state index contributed by atoms with van der Waals surface area (Å²) >= 11 is 1.36. The van der Waals surface area contributed by atoms with Gasteiger partial charge in [-0.1, -0.05) is 6.07 Å². The monoisotopic (exact) mass is 303 g/mol. The molecule has 1 aromatic rings. The molecule has 2 amide bonds. The number of rotatable bonds is 3. The summed E-state index contributed by atoms with van der Waals surface area (Å²) < 4.78 is 0. The van der Waals surface area contributed by atoms with E-state index in [2.05, 4.69) is 5.32 Å². The molecule has 0 saturated carbocycles. The zero-order valence-electron chi connectivity index (χ0n) is 10.5. The molecule has 7 heteroatoms. The highest BCUT2D eigenvalue weighted by Gasteiger charge is 2.21. The normalized spacial score (nSPS) is 18.6. The van der Waals surface area contributed by atoms with Crippen LogP contribution in [-0.4, -0.2) is 42.4 Å². The molecular formula is C12H18ClN3O2S. The summed E-state index contributed by atoms with van der Waals surface area (Å²) in [4.78, 5) is 25.9. The Morgan fingerprint density at radius 1 is 1.53 bits per heavy atom. The third kappa shape index (κ3) is 4.49. The van der Waals surface area contributed by atoms with E-state index in [1.165, 1.54) is 11.3 Å². The third-order valence-corrected chi connectivity index (χ3v) is 3.82. The van der Waals surface area contributed by atoms with Gasteiger partial charge in [0.15, 0.2) is 0 Å². The van der Waals surface area contributed by atoms with Gasteiger partial charge in [-0.2, -0.15) is 0 Å². The lowest BCUT2D eigenvalue weighted by Crippen LogP contribution is -2.48. The molecule has 0 radical (unpaired) electrons. The van der Waals surface area contributed by atoms with E-state index in [9.17, 15) is 9.59 Å². The van der Waals surface area contributed by atoms with Gasteiger partial charge in [-0.05, 0) is 24.3 Å². The average molecular weight is 304 g/mol. The number of halogens is 1. The van der Waals surface area contributed by atoms with E-state index in [0.717, 1.165) is 19.4 Å². The molecule has 1 unspecified atom stereocenters. The Kier molecular flexibility index (Phi) is 6.27. The van der Waals surface area contributed by atoms with Crippen LogP contribution in [0.3, 0.4) is 0 Å². The molecule has 1 aliphatic rings. The fourth-order valence-corrected chi connectivity index (χ4v) is 2.64. The molecule has 19 heavy (non-hydrogen) atoms. The fraction of sp³-hybridized carbons (Fsp3) is 0.500. The summed E-state index contributed by atoms with van der Waals surface area (Å²) in [6.07, 6.45) is 1.90. The van der Waals surface area contributed by atoms with Gasteiger partial charge in [0.25, 0.3) is 5.91 Å². The van der Waals surface area contributed by atoms with Gasteiger partial charge in [0.1, 0.15) is 0 Å². The lowest BCUT2D eigenvalue weighted by atomic mass is 10.1. The van der Waals surface area contributed by atoms with Crippen LogP contribution in [0.15, 0.2) is 17.5 Å². The third-order valence-electron chi connectivity index (χ3n) is 2.96. The zero-order valence-corrected chi connectivity index (χ0v) is 12.1. The Bertz CT molecular complexity index is 425. The molecule has 3 N–H and O–H groups in total. The van der Waals surface area contributed by atoms with Crippen LogP contribution in [0.5, 0.6) is 0 Å². The molecule has 2 rings (SSSR count).